The van der Waals surface area contributed by atoms with Gasteiger partial charge in [0.2, 0.25) is 5.91 Å². The fourth-order valence-electron chi connectivity index (χ4n) is 6.98. The summed E-state index contributed by atoms with van der Waals surface area (Å²) in [5.41, 5.74) is 5.58. The summed E-state index contributed by atoms with van der Waals surface area (Å²) in [5, 5.41) is 0.719. The highest BCUT2D eigenvalue weighted by molar-refractivity contribution is 6.30. The number of ether oxygens (including phenoxy) is 1. The number of piperidine rings is 1. The molecule has 2 fully saturated rings. The van der Waals surface area contributed by atoms with Crippen molar-refractivity contribution in [2.75, 3.05) is 32.7 Å². The molecule has 43 heavy (non-hydrogen) atoms. The summed E-state index contributed by atoms with van der Waals surface area (Å²) in [4.78, 5) is 42.9. The Morgan fingerprint density at radius 1 is 1.07 bits per heavy atom. The van der Waals surface area contributed by atoms with E-state index in [2.05, 4.69) is 32.7 Å². The molecule has 0 spiro atoms. The molecule has 4 heterocycles. The Bertz CT molecular complexity index is 1470. The number of carbonyl (C=O) groups is 2. The highest BCUT2D eigenvalue weighted by Gasteiger charge is 2.43. The van der Waals surface area contributed by atoms with Crippen LogP contribution in [0.2, 0.25) is 5.02 Å². The summed E-state index contributed by atoms with van der Waals surface area (Å²) in [5.74, 6) is 0.319. The predicted molar refractivity (Wildman–Crippen MR) is 165 cm³/mol. The van der Waals surface area contributed by atoms with Gasteiger partial charge >= 0.3 is 6.09 Å². The SMILES string of the molecule is Cc1cn(C[C@@H]2CCCN(C(=O)[C@H]3CN(C4c5ccc(Cl)cc5CCc5cccnc54)CCN3C(=O)OC(C)C)C2)cn1. The standard InChI is InChI=1S/C33H41ClN6O3/c1-22(2)43-33(42)40-15-14-38(31-28-11-10-27(34)16-26(28)9-8-25-7-4-12-35-30(25)31)20-29(40)32(41)39-13-5-6-24(19-39)18-37-17-23(3)36-21-37/h4,7,10-12,16-17,21-22,24,29,31H,5-6,8-9,13-15,18-20H2,1-3H3/t24-,29+,31?/m0/s1. The van der Waals surface area contributed by atoms with Gasteiger partial charge in [-0.3, -0.25) is 19.6 Å². The lowest BCUT2D eigenvalue weighted by Crippen LogP contribution is -2.62. The second-order valence-electron chi connectivity index (χ2n) is 12.4. The van der Waals surface area contributed by atoms with Crippen LogP contribution >= 0.6 is 11.6 Å². The fraction of sp³-hybridized carbons (Fsp3) is 0.515. The van der Waals surface area contributed by atoms with Crippen LogP contribution in [0.1, 0.15) is 60.8 Å². The molecule has 0 radical (unpaired) electrons. The van der Waals surface area contributed by atoms with Gasteiger partial charge < -0.3 is 14.2 Å². The Balaban J connectivity index is 1.30. The minimum atomic E-state index is -0.652. The minimum absolute atomic E-state index is 0.0110. The molecule has 9 nitrogen and oxygen atoms in total. The van der Waals surface area contributed by atoms with Crippen molar-refractivity contribution in [2.45, 2.75) is 71.2 Å². The van der Waals surface area contributed by atoms with Gasteiger partial charge in [0.1, 0.15) is 6.04 Å². The summed E-state index contributed by atoms with van der Waals surface area (Å²) in [6, 6.07) is 9.46. The maximum Gasteiger partial charge on any atom is 0.410 e. The van der Waals surface area contributed by atoms with Crippen molar-refractivity contribution in [3.05, 3.63) is 82.2 Å². The number of hydrogen-bond donors (Lipinski definition) is 0. The summed E-state index contributed by atoms with van der Waals surface area (Å²) < 4.78 is 7.76. The van der Waals surface area contributed by atoms with Crippen molar-refractivity contribution in [1.82, 2.24) is 29.2 Å². The zero-order chi connectivity index (χ0) is 30.1. The molecular formula is C33H41ClN6O3. The third-order valence-electron chi connectivity index (χ3n) is 8.94. The molecule has 2 aliphatic heterocycles. The Morgan fingerprint density at radius 3 is 2.70 bits per heavy atom. The number of aromatic nitrogens is 3. The number of likely N-dealkylation sites (tertiary alicyclic amines) is 1. The lowest BCUT2D eigenvalue weighted by Gasteiger charge is -2.45. The van der Waals surface area contributed by atoms with Crippen LogP contribution in [0.5, 0.6) is 0 Å². The van der Waals surface area contributed by atoms with Crippen molar-refractivity contribution < 1.29 is 14.3 Å². The van der Waals surface area contributed by atoms with Crippen LogP contribution in [-0.2, 0) is 28.9 Å². The van der Waals surface area contributed by atoms with Gasteiger partial charge in [0.05, 0.1) is 29.9 Å². The Labute approximate surface area is 258 Å². The van der Waals surface area contributed by atoms with E-state index in [-0.39, 0.29) is 18.1 Å². The van der Waals surface area contributed by atoms with Crippen LogP contribution in [0.15, 0.2) is 49.1 Å². The Morgan fingerprint density at radius 2 is 1.91 bits per heavy atom. The second-order valence-corrected chi connectivity index (χ2v) is 12.9. The first-order chi connectivity index (χ1) is 20.8. The molecule has 1 aliphatic carbocycles. The van der Waals surface area contributed by atoms with Crippen LogP contribution in [-0.4, -0.2) is 86.1 Å². The maximum absolute atomic E-state index is 14.4. The van der Waals surface area contributed by atoms with Crippen molar-refractivity contribution in [3.63, 3.8) is 0 Å². The first-order valence-corrected chi connectivity index (χ1v) is 15.8. The molecule has 1 unspecified atom stereocenters. The van der Waals surface area contributed by atoms with Gasteiger partial charge in [0, 0.05) is 56.7 Å². The summed E-state index contributed by atoms with van der Waals surface area (Å²) in [7, 11) is 0. The molecule has 2 amide bonds. The quantitative estimate of drug-likeness (QED) is 0.412. The van der Waals surface area contributed by atoms with Crippen LogP contribution in [0, 0.1) is 12.8 Å². The van der Waals surface area contributed by atoms with E-state index in [1.54, 1.807) is 4.90 Å². The molecule has 0 saturated carbocycles. The molecule has 0 N–H and O–H groups in total. The Hall–Kier alpha value is -3.43. The maximum atomic E-state index is 14.4. The van der Waals surface area contributed by atoms with E-state index in [9.17, 15) is 9.59 Å². The number of nitrogens with zero attached hydrogens (tertiary/aromatic N) is 6. The van der Waals surface area contributed by atoms with Crippen LogP contribution in [0.4, 0.5) is 4.79 Å². The monoisotopic (exact) mass is 604 g/mol. The van der Waals surface area contributed by atoms with Gasteiger partial charge in [0.15, 0.2) is 0 Å². The number of amides is 2. The van der Waals surface area contributed by atoms with Crippen LogP contribution < -0.4 is 0 Å². The van der Waals surface area contributed by atoms with Gasteiger partial charge in [0.25, 0.3) is 0 Å². The predicted octanol–water partition coefficient (Wildman–Crippen LogP) is 4.90. The third-order valence-corrected chi connectivity index (χ3v) is 9.18. The first-order valence-electron chi connectivity index (χ1n) is 15.5. The zero-order valence-corrected chi connectivity index (χ0v) is 26.0. The lowest BCUT2D eigenvalue weighted by molar-refractivity contribution is -0.141. The number of pyridine rings is 1. The number of fused-ring (bicyclic) bond motifs is 2. The van der Waals surface area contributed by atoms with Gasteiger partial charge in [-0.2, -0.15) is 0 Å². The zero-order valence-electron chi connectivity index (χ0n) is 25.3. The van der Waals surface area contributed by atoms with Crippen molar-refractivity contribution in [3.8, 4) is 0 Å². The molecule has 10 heteroatoms. The van der Waals surface area contributed by atoms with Crippen molar-refractivity contribution in [2.24, 2.45) is 5.92 Å². The molecular weight excluding hydrogens is 564 g/mol. The highest BCUT2D eigenvalue weighted by atomic mass is 35.5. The average molecular weight is 605 g/mol. The second kappa shape index (κ2) is 12.7. The molecule has 2 saturated heterocycles. The molecule has 3 atom stereocenters. The number of aryl methyl sites for hydroxylation is 3. The number of piperazine rings is 1. The number of carbonyl (C=O) groups excluding carboxylic acids is 2. The summed E-state index contributed by atoms with van der Waals surface area (Å²) in [6.07, 6.45) is 8.81. The molecule has 6 rings (SSSR count). The van der Waals surface area contributed by atoms with Gasteiger partial charge in [-0.1, -0.05) is 23.7 Å². The minimum Gasteiger partial charge on any atom is -0.447 e. The smallest absolute Gasteiger partial charge is 0.410 e. The molecule has 0 bridgehead atoms. The van der Waals surface area contributed by atoms with E-state index in [1.807, 2.05) is 56.5 Å². The van der Waals surface area contributed by atoms with Crippen LogP contribution in [0.3, 0.4) is 0 Å². The molecule has 1 aromatic carbocycles. The highest BCUT2D eigenvalue weighted by Crippen LogP contribution is 2.38. The van der Waals surface area contributed by atoms with E-state index in [0.29, 0.717) is 38.6 Å². The normalized spacial score (nSPS) is 22.6. The number of imidazole rings is 1. The number of benzene rings is 1. The van der Waals surface area contributed by atoms with Crippen molar-refractivity contribution in [1.29, 1.82) is 0 Å². The average Bonchev–Trinajstić information content (AvgIpc) is 3.33. The van der Waals surface area contributed by atoms with E-state index < -0.39 is 12.1 Å². The van der Waals surface area contributed by atoms with Gasteiger partial charge in [-0.25, -0.2) is 9.78 Å². The number of hydrogen-bond acceptors (Lipinski definition) is 6. The first kappa shape index (κ1) is 29.6. The van der Waals surface area contributed by atoms with E-state index >= 15 is 0 Å². The number of rotatable bonds is 5. The largest absolute Gasteiger partial charge is 0.447 e. The molecule has 2 aromatic heterocycles. The number of halogens is 1. The third kappa shape index (κ3) is 6.43. The van der Waals surface area contributed by atoms with E-state index in [4.69, 9.17) is 21.3 Å². The molecule has 3 aliphatic rings. The van der Waals surface area contributed by atoms with Crippen LogP contribution in [0.25, 0.3) is 0 Å². The summed E-state index contributed by atoms with van der Waals surface area (Å²) in [6.45, 7) is 9.24. The molecule has 228 valence electrons. The topological polar surface area (TPSA) is 83.8 Å². The Kier molecular flexibility index (Phi) is 8.73. The van der Waals surface area contributed by atoms with Gasteiger partial charge in [-0.05, 0) is 87.3 Å². The summed E-state index contributed by atoms with van der Waals surface area (Å²) >= 11 is 6.44. The lowest BCUT2D eigenvalue weighted by atomic mass is 9.94. The van der Waals surface area contributed by atoms with E-state index in [0.717, 1.165) is 48.6 Å². The van der Waals surface area contributed by atoms with E-state index in [1.165, 1.54) is 16.7 Å². The molecule has 3 aromatic rings. The van der Waals surface area contributed by atoms with Crippen molar-refractivity contribution >= 4 is 23.6 Å². The fourth-order valence-corrected chi connectivity index (χ4v) is 7.18. The van der Waals surface area contributed by atoms with Gasteiger partial charge in [-0.15, -0.1) is 0 Å².